The molecule has 2 aliphatic heterocycles. The second-order valence-corrected chi connectivity index (χ2v) is 6.30. The number of nitrogens with one attached hydrogen (secondary N) is 1. The van der Waals surface area contributed by atoms with Crippen molar-refractivity contribution in [3.63, 3.8) is 0 Å². The summed E-state index contributed by atoms with van der Waals surface area (Å²) in [6.07, 6.45) is 9.32. The van der Waals surface area contributed by atoms with Crippen LogP contribution in [0.2, 0.25) is 0 Å². The third-order valence-electron chi connectivity index (χ3n) is 4.73. The van der Waals surface area contributed by atoms with E-state index in [9.17, 15) is 4.39 Å². The zero-order valence-electron chi connectivity index (χ0n) is 13.1. The third-order valence-corrected chi connectivity index (χ3v) is 4.73. The largest absolute Gasteiger partial charge is 0.354 e. The molecule has 0 radical (unpaired) electrons. The van der Waals surface area contributed by atoms with Gasteiger partial charge in [-0.1, -0.05) is 0 Å². The van der Waals surface area contributed by atoms with E-state index in [1.54, 1.807) is 6.20 Å². The molecule has 2 saturated heterocycles. The minimum atomic E-state index is -0.324. The van der Waals surface area contributed by atoms with Crippen molar-refractivity contribution in [2.45, 2.75) is 31.6 Å². The number of hydrogen-bond acceptors (Lipinski definition) is 5. The van der Waals surface area contributed by atoms with Crippen LogP contribution in [0.15, 0.2) is 18.6 Å². The molecular formula is C16H21FN6. The lowest BCUT2D eigenvalue weighted by Gasteiger charge is -2.32. The van der Waals surface area contributed by atoms with Crippen LogP contribution in [0.4, 0.5) is 16.2 Å². The lowest BCUT2D eigenvalue weighted by atomic mass is 9.98. The van der Waals surface area contributed by atoms with Gasteiger partial charge in [-0.15, -0.1) is 0 Å². The molecule has 0 aliphatic carbocycles. The highest BCUT2D eigenvalue weighted by molar-refractivity contribution is 5.46. The van der Waals surface area contributed by atoms with Gasteiger partial charge in [0, 0.05) is 44.5 Å². The molecule has 0 amide bonds. The number of hydrogen-bond donors (Lipinski definition) is 1. The molecule has 6 nitrogen and oxygen atoms in total. The average Bonchev–Trinajstić information content (AvgIpc) is 3.29. The summed E-state index contributed by atoms with van der Waals surface area (Å²) in [6.45, 7) is 3.48. The maximum Gasteiger partial charge on any atom is 0.227 e. The number of aromatic nitrogens is 4. The maximum atomic E-state index is 14.1. The quantitative estimate of drug-likeness (QED) is 0.941. The third kappa shape index (κ3) is 2.87. The zero-order chi connectivity index (χ0) is 15.6. The molecule has 1 N–H and O–H groups in total. The monoisotopic (exact) mass is 316 g/mol. The lowest BCUT2D eigenvalue weighted by molar-refractivity contribution is 0.487. The van der Waals surface area contributed by atoms with E-state index < -0.39 is 0 Å². The minimum absolute atomic E-state index is 0.324. The molecule has 4 rings (SSSR count). The molecule has 0 spiro atoms. The van der Waals surface area contributed by atoms with Crippen LogP contribution in [0, 0.1) is 5.82 Å². The molecule has 23 heavy (non-hydrogen) atoms. The van der Waals surface area contributed by atoms with Gasteiger partial charge in [0.25, 0.3) is 0 Å². The van der Waals surface area contributed by atoms with Crippen molar-refractivity contribution in [1.29, 1.82) is 0 Å². The normalized spacial score (nSPS) is 21.9. The van der Waals surface area contributed by atoms with Gasteiger partial charge < -0.3 is 14.8 Å². The topological polar surface area (TPSA) is 60.9 Å². The summed E-state index contributed by atoms with van der Waals surface area (Å²) in [5.74, 6) is 2.12. The lowest BCUT2D eigenvalue weighted by Crippen LogP contribution is -2.36. The number of H-pyrrole nitrogens is 1. The van der Waals surface area contributed by atoms with Crippen LogP contribution in [0.3, 0.4) is 0 Å². The number of rotatable bonds is 3. The van der Waals surface area contributed by atoms with Gasteiger partial charge in [-0.05, 0) is 25.7 Å². The Balaban J connectivity index is 1.56. The summed E-state index contributed by atoms with van der Waals surface area (Å²) < 4.78 is 14.1. The van der Waals surface area contributed by atoms with E-state index in [1.165, 1.54) is 6.20 Å². The number of anilines is 2. The van der Waals surface area contributed by atoms with Crippen molar-refractivity contribution in [3.05, 3.63) is 30.2 Å². The molecular weight excluding hydrogens is 295 g/mol. The van der Waals surface area contributed by atoms with Gasteiger partial charge in [0.15, 0.2) is 11.6 Å². The molecule has 0 saturated carbocycles. The highest BCUT2D eigenvalue weighted by Crippen LogP contribution is 2.28. The highest BCUT2D eigenvalue weighted by atomic mass is 19.1. The fourth-order valence-corrected chi connectivity index (χ4v) is 3.53. The summed E-state index contributed by atoms with van der Waals surface area (Å²) in [5.41, 5.74) is 0. The van der Waals surface area contributed by atoms with E-state index in [0.29, 0.717) is 17.7 Å². The first-order chi connectivity index (χ1) is 11.3. The second kappa shape index (κ2) is 6.14. The van der Waals surface area contributed by atoms with Crippen molar-refractivity contribution < 1.29 is 4.39 Å². The summed E-state index contributed by atoms with van der Waals surface area (Å²) in [7, 11) is 0. The fraction of sp³-hybridized carbons (Fsp3) is 0.562. The van der Waals surface area contributed by atoms with Gasteiger partial charge >= 0.3 is 0 Å². The molecule has 0 aromatic carbocycles. The Morgan fingerprint density at radius 2 is 1.91 bits per heavy atom. The van der Waals surface area contributed by atoms with E-state index >= 15 is 0 Å². The molecule has 7 heteroatoms. The average molecular weight is 316 g/mol. The van der Waals surface area contributed by atoms with Crippen LogP contribution in [-0.2, 0) is 0 Å². The van der Waals surface area contributed by atoms with Crippen LogP contribution >= 0.6 is 0 Å². The minimum Gasteiger partial charge on any atom is -0.354 e. The fourth-order valence-electron chi connectivity index (χ4n) is 3.53. The van der Waals surface area contributed by atoms with Gasteiger partial charge in [-0.3, -0.25) is 0 Å². The summed E-state index contributed by atoms with van der Waals surface area (Å²) in [5, 5.41) is 0. The molecule has 4 heterocycles. The second-order valence-electron chi connectivity index (χ2n) is 6.30. The van der Waals surface area contributed by atoms with Gasteiger partial charge in [-0.2, -0.15) is 4.98 Å². The molecule has 0 bridgehead atoms. The number of imidazole rings is 1. The van der Waals surface area contributed by atoms with Crippen LogP contribution in [0.1, 0.15) is 37.4 Å². The summed E-state index contributed by atoms with van der Waals surface area (Å²) >= 11 is 0. The molecule has 122 valence electrons. The number of nitrogens with zero attached hydrogens (tertiary/aromatic N) is 5. The predicted molar refractivity (Wildman–Crippen MR) is 86.2 cm³/mol. The zero-order valence-corrected chi connectivity index (χ0v) is 13.1. The Bertz CT molecular complexity index is 653. The molecule has 1 atom stereocenters. The maximum absolute atomic E-state index is 14.1. The first-order valence-electron chi connectivity index (χ1n) is 8.33. The van der Waals surface area contributed by atoms with Crippen LogP contribution in [0.5, 0.6) is 0 Å². The molecule has 2 aromatic rings. The van der Waals surface area contributed by atoms with Gasteiger partial charge in [0.2, 0.25) is 5.95 Å². The van der Waals surface area contributed by atoms with E-state index in [-0.39, 0.29) is 5.82 Å². The Labute approximate surface area is 134 Å². The van der Waals surface area contributed by atoms with E-state index in [4.69, 9.17) is 0 Å². The van der Waals surface area contributed by atoms with E-state index in [2.05, 4.69) is 24.8 Å². The first-order valence-corrected chi connectivity index (χ1v) is 8.33. The molecule has 2 aromatic heterocycles. The first kappa shape index (κ1) is 14.4. The van der Waals surface area contributed by atoms with E-state index in [0.717, 1.165) is 57.7 Å². The Morgan fingerprint density at radius 1 is 1.09 bits per heavy atom. The SMILES string of the molecule is Fc1cnc(N2CCCC(c3ncc[nH]3)C2)nc1N1CCCC1. The van der Waals surface area contributed by atoms with Crippen molar-refractivity contribution in [1.82, 2.24) is 19.9 Å². The van der Waals surface area contributed by atoms with Crippen molar-refractivity contribution in [2.75, 3.05) is 36.0 Å². The Hall–Kier alpha value is -2.18. The van der Waals surface area contributed by atoms with Crippen LogP contribution < -0.4 is 9.80 Å². The van der Waals surface area contributed by atoms with Crippen molar-refractivity contribution >= 4 is 11.8 Å². The summed E-state index contributed by atoms with van der Waals surface area (Å²) in [4.78, 5) is 20.5. The highest BCUT2D eigenvalue weighted by Gasteiger charge is 2.26. The molecule has 2 fully saturated rings. The van der Waals surface area contributed by atoms with Gasteiger partial charge in [0.05, 0.1) is 6.20 Å². The predicted octanol–water partition coefficient (Wildman–Crippen LogP) is 2.32. The van der Waals surface area contributed by atoms with E-state index in [1.807, 2.05) is 11.1 Å². The van der Waals surface area contributed by atoms with Crippen LogP contribution in [-0.4, -0.2) is 46.1 Å². The van der Waals surface area contributed by atoms with Crippen LogP contribution in [0.25, 0.3) is 0 Å². The number of piperidine rings is 1. The molecule has 2 aliphatic rings. The Morgan fingerprint density at radius 3 is 2.70 bits per heavy atom. The van der Waals surface area contributed by atoms with Crippen molar-refractivity contribution in [3.8, 4) is 0 Å². The number of aromatic amines is 1. The van der Waals surface area contributed by atoms with Crippen molar-refractivity contribution in [2.24, 2.45) is 0 Å². The number of halogens is 1. The molecule has 1 unspecified atom stereocenters. The standard InChI is InChI=1S/C16H21FN6/c17-13-10-20-16(21-15(13)22-7-1-2-8-22)23-9-3-4-12(11-23)14-18-5-6-19-14/h5-6,10,12H,1-4,7-9,11H2,(H,18,19). The van der Waals surface area contributed by atoms with Gasteiger partial charge in [0.1, 0.15) is 5.82 Å². The summed E-state index contributed by atoms with van der Waals surface area (Å²) in [6, 6.07) is 0. The smallest absolute Gasteiger partial charge is 0.227 e. The Kier molecular flexibility index (Phi) is 3.85. The van der Waals surface area contributed by atoms with Gasteiger partial charge in [-0.25, -0.2) is 14.4 Å².